The van der Waals surface area contributed by atoms with E-state index in [2.05, 4.69) is 21.2 Å². The van der Waals surface area contributed by atoms with Crippen molar-refractivity contribution in [1.29, 1.82) is 0 Å². The summed E-state index contributed by atoms with van der Waals surface area (Å²) in [7, 11) is 0. The largest absolute Gasteiger partial charge is 0.493 e. The van der Waals surface area contributed by atoms with Gasteiger partial charge in [0.25, 0.3) is 0 Å². The monoisotopic (exact) mass is 602 g/mol. The molecule has 9 nitrogen and oxygen atoms in total. The first kappa shape index (κ1) is 27.5. The van der Waals surface area contributed by atoms with Gasteiger partial charge in [0.2, 0.25) is 0 Å². The Balaban J connectivity index is 1.35. The van der Waals surface area contributed by atoms with Crippen molar-refractivity contribution >= 4 is 50.9 Å². The number of aryl methyl sites for hydroxylation is 1. The van der Waals surface area contributed by atoms with Crippen LogP contribution in [0.1, 0.15) is 28.1 Å². The van der Waals surface area contributed by atoms with Gasteiger partial charge in [0.1, 0.15) is 5.75 Å². The molecule has 0 spiro atoms. The van der Waals surface area contributed by atoms with Crippen molar-refractivity contribution in [1.82, 2.24) is 4.90 Å². The van der Waals surface area contributed by atoms with Crippen molar-refractivity contribution in [3.63, 3.8) is 0 Å². The molecule has 0 atom stereocenters. The van der Waals surface area contributed by atoms with E-state index in [-0.39, 0.29) is 16.7 Å². The highest BCUT2D eigenvalue weighted by Gasteiger charge is 2.26. The Morgan fingerprint density at radius 3 is 2.50 bits per heavy atom. The van der Waals surface area contributed by atoms with Gasteiger partial charge >= 0.3 is 18.0 Å². The number of aliphatic carboxylic acids is 1. The van der Waals surface area contributed by atoms with Crippen LogP contribution in [0.15, 0.2) is 53.0 Å². The number of piperidine rings is 1. The van der Waals surface area contributed by atoms with Crippen LogP contribution in [0.25, 0.3) is 10.4 Å². The third-order valence-corrected chi connectivity index (χ3v) is 8.44. The van der Waals surface area contributed by atoms with Gasteiger partial charge in [0, 0.05) is 18.8 Å². The summed E-state index contributed by atoms with van der Waals surface area (Å²) in [6, 6.07) is 14.9. The third kappa shape index (κ3) is 6.65. The zero-order valence-corrected chi connectivity index (χ0v) is 23.0. The number of benzene rings is 2. The molecule has 2 aromatic carbocycles. The maximum Gasteiger partial charge on any atom is 0.349 e. The highest BCUT2D eigenvalue weighted by atomic mass is 79.9. The van der Waals surface area contributed by atoms with Crippen molar-refractivity contribution in [2.75, 3.05) is 31.6 Å². The van der Waals surface area contributed by atoms with Gasteiger partial charge in [-0.3, -0.25) is 0 Å². The van der Waals surface area contributed by atoms with Crippen LogP contribution in [0.3, 0.4) is 0 Å². The quantitative estimate of drug-likeness (QED) is 0.275. The summed E-state index contributed by atoms with van der Waals surface area (Å²) in [6.45, 7) is 3.10. The minimum absolute atomic E-state index is 0.00977. The van der Waals surface area contributed by atoms with E-state index in [0.29, 0.717) is 40.7 Å². The predicted octanol–water partition coefficient (Wildman–Crippen LogP) is 5.97. The Kier molecular flexibility index (Phi) is 8.90. The summed E-state index contributed by atoms with van der Waals surface area (Å²) in [5, 5.41) is 21.4. The lowest BCUT2D eigenvalue weighted by Crippen LogP contribution is -2.42. The molecule has 0 saturated carbocycles. The fourth-order valence-corrected chi connectivity index (χ4v) is 6.02. The molecule has 1 aliphatic heterocycles. The fraction of sp³-hybridized carbons (Fsp3) is 0.296. The lowest BCUT2D eigenvalue weighted by molar-refractivity contribution is -0.139. The van der Waals surface area contributed by atoms with E-state index in [4.69, 9.17) is 14.6 Å². The topological polar surface area (TPSA) is 125 Å². The standard InChI is InChI=1S/C27H27BrN2O7S/c1-16-5-2-3-8-20(16)29-27(35)30-11-9-17(10-12-30)14-36-19-7-4-6-18(13-19)24-22(28)23(37-15-21(31)32)25(38-24)26(33)34/h2-8,13,17H,9-12,14-15H2,1H3,(H,29,35)(H,31,32)(H,33,34). The smallest absolute Gasteiger partial charge is 0.349 e. The van der Waals surface area contributed by atoms with Crippen LogP contribution in [0.4, 0.5) is 10.5 Å². The van der Waals surface area contributed by atoms with E-state index >= 15 is 0 Å². The number of hydrogen-bond donors (Lipinski definition) is 3. The molecule has 200 valence electrons. The van der Waals surface area contributed by atoms with Crippen molar-refractivity contribution in [3.8, 4) is 21.9 Å². The van der Waals surface area contributed by atoms with Gasteiger partial charge in [-0.05, 0) is 70.9 Å². The van der Waals surface area contributed by atoms with Crippen molar-refractivity contribution in [2.24, 2.45) is 5.92 Å². The number of urea groups is 1. The first-order valence-corrected chi connectivity index (χ1v) is 13.6. The van der Waals surface area contributed by atoms with Crippen LogP contribution in [-0.2, 0) is 4.79 Å². The Bertz CT molecular complexity index is 1330. The van der Waals surface area contributed by atoms with Gasteiger partial charge in [0.15, 0.2) is 17.2 Å². The van der Waals surface area contributed by atoms with Gasteiger partial charge in [-0.2, -0.15) is 0 Å². The maximum absolute atomic E-state index is 12.7. The number of halogens is 1. The lowest BCUT2D eigenvalue weighted by Gasteiger charge is -2.32. The van der Waals surface area contributed by atoms with Crippen LogP contribution in [0.5, 0.6) is 11.5 Å². The number of carbonyl (C=O) groups excluding carboxylic acids is 1. The summed E-state index contributed by atoms with van der Waals surface area (Å²) in [5.74, 6) is -1.48. The van der Waals surface area contributed by atoms with Crippen molar-refractivity contribution in [2.45, 2.75) is 19.8 Å². The van der Waals surface area contributed by atoms with Crippen LogP contribution in [-0.4, -0.2) is 59.4 Å². The van der Waals surface area contributed by atoms with E-state index in [1.165, 1.54) is 0 Å². The predicted molar refractivity (Wildman–Crippen MR) is 148 cm³/mol. The number of thiophene rings is 1. The van der Waals surface area contributed by atoms with Gasteiger partial charge in [0.05, 0.1) is 16.0 Å². The zero-order valence-electron chi connectivity index (χ0n) is 20.6. The lowest BCUT2D eigenvalue weighted by atomic mass is 9.98. The molecule has 1 aliphatic rings. The van der Waals surface area contributed by atoms with Gasteiger partial charge in [-0.1, -0.05) is 30.3 Å². The van der Waals surface area contributed by atoms with Gasteiger partial charge < -0.3 is 29.9 Å². The number of carbonyl (C=O) groups is 3. The van der Waals surface area contributed by atoms with Gasteiger partial charge in [-0.15, -0.1) is 11.3 Å². The van der Waals surface area contributed by atoms with Crippen LogP contribution >= 0.6 is 27.3 Å². The fourth-order valence-electron chi connectivity index (χ4n) is 4.14. The Morgan fingerprint density at radius 2 is 1.82 bits per heavy atom. The SMILES string of the molecule is Cc1ccccc1NC(=O)N1CCC(COc2cccc(-c3sc(C(=O)O)c(OCC(=O)O)c3Br)c2)CC1. The first-order valence-electron chi connectivity index (χ1n) is 12.0. The van der Waals surface area contributed by atoms with Crippen LogP contribution < -0.4 is 14.8 Å². The van der Waals surface area contributed by atoms with E-state index in [0.717, 1.165) is 41.0 Å². The number of hydrogen-bond acceptors (Lipinski definition) is 6. The molecule has 3 aromatic rings. The number of nitrogens with one attached hydrogen (secondary N) is 1. The number of ether oxygens (including phenoxy) is 2. The molecule has 1 saturated heterocycles. The van der Waals surface area contributed by atoms with E-state index in [9.17, 15) is 19.5 Å². The van der Waals surface area contributed by atoms with E-state index < -0.39 is 18.5 Å². The second-order valence-corrected chi connectivity index (χ2v) is 10.7. The summed E-state index contributed by atoms with van der Waals surface area (Å²) < 4.78 is 11.7. The van der Waals surface area contributed by atoms with E-state index in [1.54, 1.807) is 0 Å². The maximum atomic E-state index is 12.7. The van der Waals surface area contributed by atoms with Crippen LogP contribution in [0, 0.1) is 12.8 Å². The molecule has 2 amide bonds. The number of carboxylic acid groups (broad SMARTS) is 2. The molecule has 0 bridgehead atoms. The number of carboxylic acids is 2. The molecule has 11 heteroatoms. The molecule has 0 aliphatic carbocycles. The second-order valence-electron chi connectivity index (χ2n) is 8.91. The molecule has 2 heterocycles. The highest BCUT2D eigenvalue weighted by Crippen LogP contribution is 2.46. The molecule has 38 heavy (non-hydrogen) atoms. The summed E-state index contributed by atoms with van der Waals surface area (Å²) in [5.41, 5.74) is 2.55. The molecule has 1 fully saturated rings. The number of likely N-dealkylation sites (tertiary alicyclic amines) is 1. The summed E-state index contributed by atoms with van der Waals surface area (Å²) in [4.78, 5) is 37.6. The summed E-state index contributed by atoms with van der Waals surface area (Å²) in [6.07, 6.45) is 1.65. The number of nitrogens with zero attached hydrogens (tertiary/aromatic N) is 1. The molecular formula is C27H27BrN2O7S. The molecule has 0 radical (unpaired) electrons. The Morgan fingerprint density at radius 1 is 1.08 bits per heavy atom. The molecular weight excluding hydrogens is 576 g/mol. The van der Waals surface area contributed by atoms with Crippen LogP contribution in [0.2, 0.25) is 0 Å². The normalized spacial score (nSPS) is 13.7. The number of amides is 2. The minimum Gasteiger partial charge on any atom is -0.493 e. The third-order valence-electron chi connectivity index (χ3n) is 6.21. The second kappa shape index (κ2) is 12.3. The Labute approximate surface area is 232 Å². The minimum atomic E-state index is -1.20. The molecule has 4 rings (SSSR count). The molecule has 1 aromatic heterocycles. The van der Waals surface area contributed by atoms with Crippen molar-refractivity contribution in [3.05, 3.63) is 63.4 Å². The van der Waals surface area contributed by atoms with Gasteiger partial charge in [-0.25, -0.2) is 14.4 Å². The average Bonchev–Trinajstić information content (AvgIpc) is 3.24. The average molecular weight is 603 g/mol. The zero-order chi connectivity index (χ0) is 27.2. The molecule has 0 unspecified atom stereocenters. The number of anilines is 1. The summed E-state index contributed by atoms with van der Waals surface area (Å²) >= 11 is 4.37. The first-order chi connectivity index (χ1) is 18.2. The van der Waals surface area contributed by atoms with E-state index in [1.807, 2.05) is 60.4 Å². The molecule has 3 N–H and O–H groups in total. The Hall–Kier alpha value is -3.57. The van der Waals surface area contributed by atoms with Crippen molar-refractivity contribution < 1.29 is 34.1 Å². The number of aromatic carboxylic acids is 1. The number of para-hydroxylation sites is 1. The highest BCUT2D eigenvalue weighted by molar-refractivity contribution is 9.10. The number of rotatable bonds is 9.